The van der Waals surface area contributed by atoms with Crippen LogP contribution in [0.5, 0.6) is 0 Å². The van der Waals surface area contributed by atoms with E-state index >= 15 is 0 Å². The number of aromatic nitrogens is 2. The predicted octanol–water partition coefficient (Wildman–Crippen LogP) is 2.43. The molecule has 164 valence electrons. The number of sulfone groups is 1. The molecule has 0 unspecified atom stereocenters. The number of nitrogens with zero attached hydrogens (tertiary/aromatic N) is 3. The van der Waals surface area contributed by atoms with E-state index in [0.29, 0.717) is 33.3 Å². The minimum absolute atomic E-state index is 0.0176. The standard InChI is InChI=1S/C20H20ClN3O5S2/c1-23(14-6-8-31(27,28)12-14)18(25)11-30-20-22-17-9-13(21)4-5-16(17)19(26)24(20)10-15-3-2-7-29-15/h2-5,7,9,14H,6,8,10-12H2,1H3/t14-/m1/s1. The Hall–Kier alpha value is -2.30. The van der Waals surface area contributed by atoms with Gasteiger partial charge in [-0.25, -0.2) is 13.4 Å². The molecule has 1 saturated heterocycles. The fraction of sp³-hybridized carbons (Fsp3) is 0.350. The Kier molecular flexibility index (Phi) is 6.14. The molecular formula is C20H20ClN3O5S2. The monoisotopic (exact) mass is 481 g/mol. The summed E-state index contributed by atoms with van der Waals surface area (Å²) in [5.74, 6) is 0.452. The highest BCUT2D eigenvalue weighted by atomic mass is 35.5. The van der Waals surface area contributed by atoms with Crippen molar-refractivity contribution in [3.05, 3.63) is 57.7 Å². The molecule has 11 heteroatoms. The highest BCUT2D eigenvalue weighted by molar-refractivity contribution is 7.99. The molecule has 1 aromatic carbocycles. The fourth-order valence-electron chi connectivity index (χ4n) is 3.49. The maximum atomic E-state index is 13.1. The van der Waals surface area contributed by atoms with Crippen LogP contribution >= 0.6 is 23.4 Å². The average Bonchev–Trinajstić information content (AvgIpc) is 3.36. The quantitative estimate of drug-likeness (QED) is 0.393. The number of carbonyl (C=O) groups is 1. The third-order valence-electron chi connectivity index (χ3n) is 5.25. The highest BCUT2D eigenvalue weighted by Gasteiger charge is 2.32. The van der Waals surface area contributed by atoms with Crippen molar-refractivity contribution in [2.24, 2.45) is 0 Å². The molecule has 0 N–H and O–H groups in total. The smallest absolute Gasteiger partial charge is 0.262 e. The molecule has 1 atom stereocenters. The third kappa shape index (κ3) is 4.81. The van der Waals surface area contributed by atoms with Gasteiger partial charge in [0.1, 0.15) is 5.76 Å². The number of hydrogen-bond acceptors (Lipinski definition) is 7. The van der Waals surface area contributed by atoms with Gasteiger partial charge in [0.2, 0.25) is 5.91 Å². The van der Waals surface area contributed by atoms with Crippen molar-refractivity contribution < 1.29 is 17.6 Å². The molecule has 8 nitrogen and oxygen atoms in total. The van der Waals surface area contributed by atoms with Crippen molar-refractivity contribution in [1.82, 2.24) is 14.5 Å². The molecule has 0 radical (unpaired) electrons. The van der Waals surface area contributed by atoms with Crippen molar-refractivity contribution in [3.8, 4) is 0 Å². The van der Waals surface area contributed by atoms with Gasteiger partial charge in [0.25, 0.3) is 5.56 Å². The van der Waals surface area contributed by atoms with Crippen LogP contribution in [0.4, 0.5) is 0 Å². The van der Waals surface area contributed by atoms with E-state index in [1.165, 1.54) is 15.7 Å². The van der Waals surface area contributed by atoms with Crippen molar-refractivity contribution in [1.29, 1.82) is 0 Å². The molecule has 1 amide bonds. The number of hydrogen-bond donors (Lipinski definition) is 0. The van der Waals surface area contributed by atoms with Gasteiger partial charge in [0.15, 0.2) is 15.0 Å². The van der Waals surface area contributed by atoms with E-state index in [9.17, 15) is 18.0 Å². The van der Waals surface area contributed by atoms with Crippen LogP contribution in [0.25, 0.3) is 10.9 Å². The molecule has 1 aliphatic heterocycles. The molecule has 1 aliphatic rings. The van der Waals surface area contributed by atoms with Crippen LogP contribution in [0, 0.1) is 0 Å². The Morgan fingerprint density at radius 3 is 2.87 bits per heavy atom. The summed E-state index contributed by atoms with van der Waals surface area (Å²) in [6, 6.07) is 8.02. The molecule has 0 aliphatic carbocycles. The summed E-state index contributed by atoms with van der Waals surface area (Å²) in [6.07, 6.45) is 1.96. The largest absolute Gasteiger partial charge is 0.467 e. The second kappa shape index (κ2) is 8.68. The summed E-state index contributed by atoms with van der Waals surface area (Å²) in [5.41, 5.74) is 0.182. The second-order valence-electron chi connectivity index (χ2n) is 7.38. The zero-order chi connectivity index (χ0) is 22.2. The van der Waals surface area contributed by atoms with Gasteiger partial charge in [-0.15, -0.1) is 0 Å². The number of halogens is 1. The van der Waals surface area contributed by atoms with E-state index in [-0.39, 0.29) is 41.3 Å². The Balaban J connectivity index is 1.61. The predicted molar refractivity (Wildman–Crippen MR) is 119 cm³/mol. The lowest BCUT2D eigenvalue weighted by molar-refractivity contribution is -0.128. The van der Waals surface area contributed by atoms with Gasteiger partial charge in [-0.2, -0.15) is 0 Å². The van der Waals surface area contributed by atoms with Gasteiger partial charge < -0.3 is 9.32 Å². The van der Waals surface area contributed by atoms with E-state index in [0.717, 1.165) is 11.8 Å². The Morgan fingerprint density at radius 2 is 2.19 bits per heavy atom. The van der Waals surface area contributed by atoms with Crippen LogP contribution in [0.3, 0.4) is 0 Å². The summed E-state index contributed by atoms with van der Waals surface area (Å²) in [5, 5.41) is 1.23. The van der Waals surface area contributed by atoms with Crippen LogP contribution in [0.15, 0.2) is 51.0 Å². The van der Waals surface area contributed by atoms with Gasteiger partial charge >= 0.3 is 0 Å². The number of carbonyl (C=O) groups excluding carboxylic acids is 1. The summed E-state index contributed by atoms with van der Waals surface area (Å²) >= 11 is 7.19. The fourth-order valence-corrected chi connectivity index (χ4v) is 6.36. The minimum Gasteiger partial charge on any atom is -0.467 e. The summed E-state index contributed by atoms with van der Waals surface area (Å²) in [6.45, 7) is 0.171. The maximum absolute atomic E-state index is 13.1. The van der Waals surface area contributed by atoms with Crippen LogP contribution in [-0.2, 0) is 21.2 Å². The molecule has 31 heavy (non-hydrogen) atoms. The van der Waals surface area contributed by atoms with E-state index < -0.39 is 9.84 Å². The first-order valence-electron chi connectivity index (χ1n) is 9.55. The molecule has 2 aromatic heterocycles. The zero-order valence-electron chi connectivity index (χ0n) is 16.7. The number of rotatable bonds is 6. The lowest BCUT2D eigenvalue weighted by atomic mass is 10.2. The first kappa shape index (κ1) is 21.9. The Bertz CT molecular complexity index is 1290. The van der Waals surface area contributed by atoms with Gasteiger partial charge in [0, 0.05) is 18.1 Å². The normalized spacial score (nSPS) is 17.8. The molecule has 3 aromatic rings. The van der Waals surface area contributed by atoms with Gasteiger partial charge in [-0.3, -0.25) is 14.2 Å². The van der Waals surface area contributed by atoms with Gasteiger partial charge in [-0.05, 0) is 36.8 Å². The van der Waals surface area contributed by atoms with Crippen molar-refractivity contribution in [2.45, 2.75) is 24.2 Å². The SMILES string of the molecule is CN(C(=O)CSc1nc2cc(Cl)ccc2c(=O)n1Cc1ccco1)[C@@H]1CCS(=O)(=O)C1. The van der Waals surface area contributed by atoms with Crippen LogP contribution in [-0.4, -0.2) is 59.1 Å². The number of furan rings is 1. The number of thioether (sulfide) groups is 1. The molecule has 0 bridgehead atoms. The topological polar surface area (TPSA) is 102 Å². The van der Waals surface area contributed by atoms with Crippen LogP contribution < -0.4 is 5.56 Å². The third-order valence-corrected chi connectivity index (χ3v) is 8.20. The second-order valence-corrected chi connectivity index (χ2v) is 11.0. The van der Waals surface area contributed by atoms with E-state index in [1.807, 2.05) is 0 Å². The molecule has 4 rings (SSSR count). The molecule has 0 saturated carbocycles. The maximum Gasteiger partial charge on any atom is 0.262 e. The summed E-state index contributed by atoms with van der Waals surface area (Å²) in [4.78, 5) is 31.8. The van der Waals surface area contributed by atoms with Crippen molar-refractivity contribution in [2.75, 3.05) is 24.3 Å². The van der Waals surface area contributed by atoms with Crippen molar-refractivity contribution >= 4 is 50.0 Å². The van der Waals surface area contributed by atoms with Gasteiger partial charge in [-0.1, -0.05) is 23.4 Å². The summed E-state index contributed by atoms with van der Waals surface area (Å²) < 4.78 is 30.3. The first-order chi connectivity index (χ1) is 14.7. The Labute approximate surface area is 188 Å². The highest BCUT2D eigenvalue weighted by Crippen LogP contribution is 2.23. The molecule has 1 fully saturated rings. The van der Waals surface area contributed by atoms with E-state index in [2.05, 4.69) is 4.98 Å². The minimum atomic E-state index is -3.09. The first-order valence-corrected chi connectivity index (χ1v) is 12.7. The lowest BCUT2D eigenvalue weighted by Crippen LogP contribution is -2.39. The molecule has 0 spiro atoms. The summed E-state index contributed by atoms with van der Waals surface area (Å²) in [7, 11) is -1.48. The van der Waals surface area contributed by atoms with Crippen LogP contribution in [0.2, 0.25) is 5.02 Å². The average molecular weight is 482 g/mol. The Morgan fingerprint density at radius 1 is 1.39 bits per heavy atom. The van der Waals surface area contributed by atoms with E-state index in [4.69, 9.17) is 16.0 Å². The number of amides is 1. The number of benzene rings is 1. The van der Waals surface area contributed by atoms with Crippen LogP contribution in [0.1, 0.15) is 12.2 Å². The van der Waals surface area contributed by atoms with E-state index in [1.54, 1.807) is 37.4 Å². The lowest BCUT2D eigenvalue weighted by Gasteiger charge is -2.23. The van der Waals surface area contributed by atoms with Crippen molar-refractivity contribution in [3.63, 3.8) is 0 Å². The van der Waals surface area contributed by atoms with Gasteiger partial charge in [0.05, 0.1) is 41.0 Å². The molecule has 3 heterocycles. The molecular weight excluding hydrogens is 462 g/mol. The zero-order valence-corrected chi connectivity index (χ0v) is 19.0. The number of fused-ring (bicyclic) bond motifs is 1.